The molecule has 0 aliphatic carbocycles. The van der Waals surface area contributed by atoms with Crippen molar-refractivity contribution in [1.29, 1.82) is 5.26 Å². The molecule has 1 unspecified atom stereocenters. The third-order valence-corrected chi connectivity index (χ3v) is 6.64. The van der Waals surface area contributed by atoms with Crippen LogP contribution in [0.2, 0.25) is 0 Å². The van der Waals surface area contributed by atoms with Crippen LogP contribution in [0.3, 0.4) is 0 Å². The van der Waals surface area contributed by atoms with Gasteiger partial charge in [-0.05, 0) is 56.4 Å². The van der Waals surface area contributed by atoms with Gasteiger partial charge < -0.3 is 19.5 Å². The van der Waals surface area contributed by atoms with Crippen molar-refractivity contribution in [3.8, 4) is 6.19 Å². The highest BCUT2D eigenvalue weighted by molar-refractivity contribution is 6.07. The smallest absolute Gasteiger partial charge is 0.247 e. The van der Waals surface area contributed by atoms with Crippen LogP contribution in [0.1, 0.15) is 32.1 Å². The van der Waals surface area contributed by atoms with Crippen LogP contribution >= 0.6 is 0 Å². The molecule has 3 aromatic rings. The average molecular weight is 473 g/mol. The molecular formula is C26H28N6O3. The lowest BCUT2D eigenvalue weighted by Gasteiger charge is -2.25. The number of para-hydroxylation sites is 1. The molecule has 35 heavy (non-hydrogen) atoms. The molecule has 5 rings (SSSR count). The minimum Gasteiger partial charge on any atom is -0.456 e. The first-order chi connectivity index (χ1) is 17.1. The SMILES string of the molecule is N#CNC(=NC1CCCCN(CC(=O)N2CCCC2)C1=O)Nc1ccc2oc3ccccc3c2c1. The number of nitrogens with zero attached hydrogens (tertiary/aromatic N) is 4. The molecule has 1 aromatic heterocycles. The van der Waals surface area contributed by atoms with Gasteiger partial charge in [-0.3, -0.25) is 14.9 Å². The molecule has 1 atom stereocenters. The fourth-order valence-electron chi connectivity index (χ4n) is 4.84. The van der Waals surface area contributed by atoms with Gasteiger partial charge in [-0.1, -0.05) is 18.2 Å². The summed E-state index contributed by atoms with van der Waals surface area (Å²) in [7, 11) is 0. The molecule has 2 saturated heterocycles. The number of hydrogen-bond acceptors (Lipinski definition) is 5. The maximum absolute atomic E-state index is 13.3. The number of hydrogen-bond donors (Lipinski definition) is 2. The van der Waals surface area contributed by atoms with Crippen LogP contribution in [0, 0.1) is 11.5 Å². The maximum Gasteiger partial charge on any atom is 0.247 e. The zero-order valence-corrected chi connectivity index (χ0v) is 19.5. The van der Waals surface area contributed by atoms with Crippen LogP contribution in [0.25, 0.3) is 21.9 Å². The molecule has 2 aliphatic rings. The Labute approximate surface area is 203 Å². The molecule has 2 aromatic carbocycles. The van der Waals surface area contributed by atoms with Gasteiger partial charge in [0.05, 0.1) is 6.54 Å². The predicted octanol–water partition coefficient (Wildman–Crippen LogP) is 3.43. The molecule has 2 N–H and O–H groups in total. The van der Waals surface area contributed by atoms with Gasteiger partial charge in [-0.2, -0.15) is 5.26 Å². The fraction of sp³-hybridized carbons (Fsp3) is 0.385. The number of likely N-dealkylation sites (tertiary alicyclic amines) is 2. The summed E-state index contributed by atoms with van der Waals surface area (Å²) >= 11 is 0. The summed E-state index contributed by atoms with van der Waals surface area (Å²) in [6, 6.07) is 12.8. The van der Waals surface area contributed by atoms with Crippen molar-refractivity contribution in [3.05, 3.63) is 42.5 Å². The third-order valence-electron chi connectivity index (χ3n) is 6.64. The van der Waals surface area contributed by atoms with Crippen LogP contribution in [-0.4, -0.2) is 59.8 Å². The number of nitrogens with one attached hydrogen (secondary N) is 2. The summed E-state index contributed by atoms with van der Waals surface area (Å²) in [5.41, 5.74) is 2.28. The number of amides is 2. The number of fused-ring (bicyclic) bond motifs is 3. The quantitative estimate of drug-likeness (QED) is 0.260. The summed E-state index contributed by atoms with van der Waals surface area (Å²) in [5, 5.41) is 17.0. The first-order valence-electron chi connectivity index (χ1n) is 12.1. The third kappa shape index (κ3) is 4.92. The Kier molecular flexibility index (Phi) is 6.53. The maximum atomic E-state index is 13.3. The Bertz CT molecular complexity index is 1320. The van der Waals surface area contributed by atoms with Crippen LogP contribution in [0.5, 0.6) is 0 Å². The Morgan fingerprint density at radius 3 is 2.66 bits per heavy atom. The molecule has 0 spiro atoms. The molecule has 0 bridgehead atoms. The number of rotatable bonds is 4. The highest BCUT2D eigenvalue weighted by atomic mass is 16.3. The molecule has 0 saturated carbocycles. The number of aliphatic imine (C=N–C) groups is 1. The largest absolute Gasteiger partial charge is 0.456 e. The molecule has 9 heteroatoms. The van der Waals surface area contributed by atoms with Crippen molar-refractivity contribution < 1.29 is 14.0 Å². The van der Waals surface area contributed by atoms with Gasteiger partial charge in [0.25, 0.3) is 0 Å². The van der Waals surface area contributed by atoms with Gasteiger partial charge in [-0.15, -0.1) is 0 Å². The van der Waals surface area contributed by atoms with Gasteiger partial charge in [0, 0.05) is 36.1 Å². The normalized spacial score (nSPS) is 19.1. The minimum absolute atomic E-state index is 0.00498. The Morgan fingerprint density at radius 2 is 1.83 bits per heavy atom. The molecule has 3 heterocycles. The van der Waals surface area contributed by atoms with Gasteiger partial charge in [0.15, 0.2) is 6.19 Å². The standard InChI is InChI=1S/C26H28N6O3/c27-17-28-26(29-18-10-11-23-20(15-18)19-7-1-2-9-22(19)35-23)30-21-8-3-4-14-32(25(21)34)16-24(33)31-12-5-6-13-31/h1-2,7,9-11,15,21H,3-6,8,12-14,16H2,(H2,28,29,30). The van der Waals surface area contributed by atoms with E-state index in [4.69, 9.17) is 4.42 Å². The van der Waals surface area contributed by atoms with Crippen molar-refractivity contribution in [2.45, 2.75) is 38.1 Å². The summed E-state index contributed by atoms with van der Waals surface area (Å²) in [5.74, 6) is 0.0192. The van der Waals surface area contributed by atoms with Crippen LogP contribution in [0.4, 0.5) is 5.69 Å². The highest BCUT2D eigenvalue weighted by Gasteiger charge is 2.30. The van der Waals surface area contributed by atoms with Crippen LogP contribution in [0.15, 0.2) is 51.9 Å². The van der Waals surface area contributed by atoms with Crippen molar-refractivity contribution >= 4 is 45.4 Å². The number of anilines is 1. The van der Waals surface area contributed by atoms with Crippen molar-refractivity contribution in [3.63, 3.8) is 0 Å². The van der Waals surface area contributed by atoms with E-state index < -0.39 is 6.04 Å². The molecule has 9 nitrogen and oxygen atoms in total. The van der Waals surface area contributed by atoms with Gasteiger partial charge in [0.1, 0.15) is 17.2 Å². The number of benzene rings is 2. The van der Waals surface area contributed by atoms with Crippen molar-refractivity contribution in [1.82, 2.24) is 15.1 Å². The average Bonchev–Trinajstić information content (AvgIpc) is 3.49. The van der Waals surface area contributed by atoms with E-state index >= 15 is 0 Å². The second-order valence-electron chi connectivity index (χ2n) is 9.01. The van der Waals surface area contributed by atoms with Crippen LogP contribution < -0.4 is 10.6 Å². The lowest BCUT2D eigenvalue weighted by molar-refractivity contribution is -0.140. The van der Waals surface area contributed by atoms with Gasteiger partial charge in [0.2, 0.25) is 17.8 Å². The summed E-state index contributed by atoms with van der Waals surface area (Å²) < 4.78 is 5.88. The Balaban J connectivity index is 1.36. The van der Waals surface area contributed by atoms with Crippen molar-refractivity contribution in [2.24, 2.45) is 4.99 Å². The first-order valence-corrected chi connectivity index (χ1v) is 12.1. The Hall–Kier alpha value is -4.06. The number of carbonyl (C=O) groups is 2. The second kappa shape index (κ2) is 10.1. The van der Waals surface area contributed by atoms with E-state index in [1.165, 1.54) is 0 Å². The molecule has 180 valence electrons. The van der Waals surface area contributed by atoms with E-state index in [1.807, 2.05) is 53.6 Å². The summed E-state index contributed by atoms with van der Waals surface area (Å²) in [6.07, 6.45) is 6.14. The topological polar surface area (TPSA) is 114 Å². The molecular weight excluding hydrogens is 444 g/mol. The Morgan fingerprint density at radius 1 is 1.06 bits per heavy atom. The lowest BCUT2D eigenvalue weighted by atomic mass is 10.1. The molecule has 2 aliphatic heterocycles. The second-order valence-corrected chi connectivity index (χ2v) is 9.01. The number of carbonyl (C=O) groups excluding carboxylic acids is 2. The minimum atomic E-state index is -0.661. The summed E-state index contributed by atoms with van der Waals surface area (Å²) in [4.78, 5) is 33.9. The zero-order chi connectivity index (χ0) is 24.2. The highest BCUT2D eigenvalue weighted by Crippen LogP contribution is 2.30. The first kappa shape index (κ1) is 22.7. The van der Waals surface area contributed by atoms with E-state index in [2.05, 4.69) is 15.6 Å². The monoisotopic (exact) mass is 472 g/mol. The van der Waals surface area contributed by atoms with E-state index in [1.54, 1.807) is 4.90 Å². The fourth-order valence-corrected chi connectivity index (χ4v) is 4.84. The van der Waals surface area contributed by atoms with Gasteiger partial charge >= 0.3 is 0 Å². The molecule has 2 amide bonds. The van der Waals surface area contributed by atoms with E-state index in [0.717, 1.165) is 60.7 Å². The van der Waals surface area contributed by atoms with E-state index in [-0.39, 0.29) is 24.3 Å². The number of furan rings is 1. The van der Waals surface area contributed by atoms with Gasteiger partial charge in [-0.25, -0.2) is 4.99 Å². The number of nitriles is 1. The zero-order valence-electron chi connectivity index (χ0n) is 19.5. The van der Waals surface area contributed by atoms with E-state index in [0.29, 0.717) is 18.7 Å². The number of guanidine groups is 1. The summed E-state index contributed by atoms with van der Waals surface area (Å²) in [6.45, 7) is 2.16. The predicted molar refractivity (Wildman–Crippen MR) is 134 cm³/mol. The van der Waals surface area contributed by atoms with Crippen LogP contribution in [-0.2, 0) is 9.59 Å². The van der Waals surface area contributed by atoms with Crippen molar-refractivity contribution in [2.75, 3.05) is 31.5 Å². The van der Waals surface area contributed by atoms with E-state index in [9.17, 15) is 14.9 Å². The molecule has 2 fully saturated rings. The lowest BCUT2D eigenvalue weighted by Crippen LogP contribution is -2.45. The molecule has 0 radical (unpaired) electrons.